The molecular weight excluding hydrogens is 200 g/mol. The highest BCUT2D eigenvalue weighted by molar-refractivity contribution is 4.77. The summed E-state index contributed by atoms with van der Waals surface area (Å²) in [6.45, 7) is 11.0. The molecule has 0 spiro atoms. The van der Waals surface area contributed by atoms with Crippen molar-refractivity contribution < 1.29 is 0 Å². The van der Waals surface area contributed by atoms with E-state index in [1.807, 2.05) is 23.1 Å². The third-order valence-electron chi connectivity index (χ3n) is 2.80. The molecule has 0 unspecified atom stereocenters. The minimum Gasteiger partial charge on any atom is -0.315 e. The van der Waals surface area contributed by atoms with Crippen LogP contribution in [-0.2, 0) is 6.54 Å². The topological polar surface area (TPSA) is 33.1 Å². The smallest absolute Gasteiger partial charge is 0.0533 e. The van der Waals surface area contributed by atoms with Gasteiger partial charge in [-0.25, -0.2) is 0 Å². The van der Waals surface area contributed by atoms with Gasteiger partial charge in [-0.15, -0.1) is 0 Å². The van der Waals surface area contributed by atoms with Crippen LogP contribution in [0.15, 0.2) is 18.5 Å². The van der Waals surface area contributed by atoms with Gasteiger partial charge in [0.2, 0.25) is 0 Å². The molecule has 1 rings (SSSR count). The number of hydrogen-bond acceptors (Lipinski definition) is 3. The maximum absolute atomic E-state index is 4.16. The van der Waals surface area contributed by atoms with E-state index in [-0.39, 0.29) is 0 Å². The van der Waals surface area contributed by atoms with Gasteiger partial charge in [-0.3, -0.25) is 4.68 Å². The normalized spacial score (nSPS) is 11.2. The molecule has 0 aromatic carbocycles. The molecule has 0 aliphatic carbocycles. The van der Waals surface area contributed by atoms with Gasteiger partial charge in [-0.05, 0) is 38.7 Å². The van der Waals surface area contributed by atoms with E-state index >= 15 is 0 Å². The van der Waals surface area contributed by atoms with Gasteiger partial charge >= 0.3 is 0 Å². The third-order valence-corrected chi connectivity index (χ3v) is 2.80. The van der Waals surface area contributed by atoms with E-state index in [9.17, 15) is 0 Å². The second-order valence-electron chi connectivity index (χ2n) is 3.90. The number of rotatable bonds is 9. The first-order valence-electron chi connectivity index (χ1n) is 6.27. The molecule has 4 nitrogen and oxygen atoms in total. The van der Waals surface area contributed by atoms with Gasteiger partial charge in [0.05, 0.1) is 6.54 Å². The lowest BCUT2D eigenvalue weighted by molar-refractivity contribution is 0.297. The molecular formula is C12H24N4. The molecule has 1 aromatic rings. The van der Waals surface area contributed by atoms with Crippen LogP contribution in [0.4, 0.5) is 0 Å². The highest BCUT2D eigenvalue weighted by Crippen LogP contribution is 1.89. The molecule has 4 heteroatoms. The Labute approximate surface area is 98.6 Å². The Balaban J connectivity index is 1.92. The number of nitrogens with zero attached hydrogens (tertiary/aromatic N) is 3. The van der Waals surface area contributed by atoms with E-state index in [0.717, 1.165) is 32.7 Å². The lowest BCUT2D eigenvalue weighted by Crippen LogP contribution is -2.28. The first kappa shape index (κ1) is 13.2. The summed E-state index contributed by atoms with van der Waals surface area (Å²) in [6.07, 6.45) is 5.04. The molecule has 0 aliphatic heterocycles. The molecule has 0 atom stereocenters. The van der Waals surface area contributed by atoms with Crippen molar-refractivity contribution in [2.24, 2.45) is 0 Å². The second kappa shape index (κ2) is 8.30. The molecule has 0 radical (unpaired) electrons. The van der Waals surface area contributed by atoms with Crippen LogP contribution in [-0.4, -0.2) is 47.4 Å². The fraction of sp³-hybridized carbons (Fsp3) is 0.750. The maximum Gasteiger partial charge on any atom is 0.0533 e. The minimum absolute atomic E-state index is 0.957. The van der Waals surface area contributed by atoms with Crippen molar-refractivity contribution in [3.8, 4) is 0 Å². The van der Waals surface area contributed by atoms with E-state index < -0.39 is 0 Å². The molecule has 1 N–H and O–H groups in total. The number of hydrogen-bond donors (Lipinski definition) is 1. The van der Waals surface area contributed by atoms with Gasteiger partial charge in [0, 0.05) is 18.9 Å². The van der Waals surface area contributed by atoms with Crippen molar-refractivity contribution in [1.29, 1.82) is 0 Å². The summed E-state index contributed by atoms with van der Waals surface area (Å²) in [7, 11) is 0. The molecule has 1 aromatic heterocycles. The fourth-order valence-corrected chi connectivity index (χ4v) is 1.72. The summed E-state index contributed by atoms with van der Waals surface area (Å²) in [5.74, 6) is 0. The van der Waals surface area contributed by atoms with Gasteiger partial charge in [0.1, 0.15) is 0 Å². The van der Waals surface area contributed by atoms with Crippen LogP contribution < -0.4 is 5.32 Å². The van der Waals surface area contributed by atoms with Crippen LogP contribution >= 0.6 is 0 Å². The Hall–Kier alpha value is -0.870. The summed E-state index contributed by atoms with van der Waals surface area (Å²) in [4.78, 5) is 2.45. The van der Waals surface area contributed by atoms with Gasteiger partial charge in [-0.2, -0.15) is 5.10 Å². The molecule has 92 valence electrons. The Kier molecular flexibility index (Phi) is 6.85. The Bertz CT molecular complexity index is 242. The third kappa shape index (κ3) is 5.28. The van der Waals surface area contributed by atoms with E-state index in [4.69, 9.17) is 0 Å². The van der Waals surface area contributed by atoms with Crippen molar-refractivity contribution in [1.82, 2.24) is 20.0 Å². The second-order valence-corrected chi connectivity index (χ2v) is 3.90. The highest BCUT2D eigenvalue weighted by atomic mass is 15.3. The van der Waals surface area contributed by atoms with Crippen LogP contribution in [0.1, 0.15) is 20.3 Å². The van der Waals surface area contributed by atoms with Crippen LogP contribution in [0.2, 0.25) is 0 Å². The molecule has 0 bridgehead atoms. The van der Waals surface area contributed by atoms with Crippen LogP contribution in [0.25, 0.3) is 0 Å². The Morgan fingerprint density at radius 2 is 2.06 bits per heavy atom. The predicted molar refractivity (Wildman–Crippen MR) is 67.5 cm³/mol. The summed E-state index contributed by atoms with van der Waals surface area (Å²) >= 11 is 0. The van der Waals surface area contributed by atoms with Crippen LogP contribution in [0.5, 0.6) is 0 Å². The van der Waals surface area contributed by atoms with E-state index in [1.54, 1.807) is 0 Å². The molecule has 1 heterocycles. The molecule has 0 saturated carbocycles. The first-order valence-corrected chi connectivity index (χ1v) is 6.27. The van der Waals surface area contributed by atoms with Gasteiger partial charge in [0.15, 0.2) is 0 Å². The maximum atomic E-state index is 4.16. The highest BCUT2D eigenvalue weighted by Gasteiger charge is 1.97. The van der Waals surface area contributed by atoms with Crippen LogP contribution in [0, 0.1) is 0 Å². The Morgan fingerprint density at radius 3 is 2.69 bits per heavy atom. The molecule has 0 amide bonds. The summed E-state index contributed by atoms with van der Waals surface area (Å²) in [5.41, 5.74) is 0. The van der Waals surface area contributed by atoms with Gasteiger partial charge in [-0.1, -0.05) is 13.8 Å². The van der Waals surface area contributed by atoms with Crippen molar-refractivity contribution in [3.63, 3.8) is 0 Å². The standard InChI is InChI=1S/C12H24N4/c1-3-15(4-2)10-5-7-13-9-12-16-11-6-8-14-16/h6,8,11,13H,3-5,7,9-10,12H2,1-2H3. The van der Waals surface area contributed by atoms with E-state index in [2.05, 4.69) is 29.2 Å². The summed E-state index contributed by atoms with van der Waals surface area (Å²) < 4.78 is 1.96. The molecule has 16 heavy (non-hydrogen) atoms. The van der Waals surface area contributed by atoms with Crippen molar-refractivity contribution in [3.05, 3.63) is 18.5 Å². The SMILES string of the molecule is CCN(CC)CCCNCCn1cccn1. The average Bonchev–Trinajstić information content (AvgIpc) is 2.81. The molecule has 0 aliphatic rings. The lowest BCUT2D eigenvalue weighted by Gasteiger charge is -2.17. The fourth-order valence-electron chi connectivity index (χ4n) is 1.72. The zero-order chi connectivity index (χ0) is 11.6. The first-order chi connectivity index (χ1) is 7.86. The van der Waals surface area contributed by atoms with Gasteiger partial charge in [0.25, 0.3) is 0 Å². The average molecular weight is 224 g/mol. The predicted octanol–water partition coefficient (Wildman–Crippen LogP) is 1.20. The largest absolute Gasteiger partial charge is 0.315 e. The van der Waals surface area contributed by atoms with Crippen LogP contribution in [0.3, 0.4) is 0 Å². The van der Waals surface area contributed by atoms with E-state index in [1.165, 1.54) is 13.0 Å². The van der Waals surface area contributed by atoms with E-state index in [0.29, 0.717) is 0 Å². The van der Waals surface area contributed by atoms with Crippen molar-refractivity contribution >= 4 is 0 Å². The van der Waals surface area contributed by atoms with Gasteiger partial charge < -0.3 is 10.2 Å². The summed E-state index contributed by atoms with van der Waals surface area (Å²) in [5, 5.41) is 7.60. The lowest BCUT2D eigenvalue weighted by atomic mass is 10.3. The van der Waals surface area contributed by atoms with Crippen molar-refractivity contribution in [2.45, 2.75) is 26.8 Å². The zero-order valence-electron chi connectivity index (χ0n) is 10.5. The minimum atomic E-state index is 0.957. The molecule has 0 saturated heterocycles. The zero-order valence-corrected chi connectivity index (χ0v) is 10.5. The number of nitrogens with one attached hydrogen (secondary N) is 1. The monoisotopic (exact) mass is 224 g/mol. The quantitative estimate of drug-likeness (QED) is 0.640. The summed E-state index contributed by atoms with van der Waals surface area (Å²) in [6, 6.07) is 1.96. The van der Waals surface area contributed by atoms with Crippen molar-refractivity contribution in [2.75, 3.05) is 32.7 Å². The Morgan fingerprint density at radius 1 is 1.25 bits per heavy atom. The molecule has 0 fully saturated rings. The number of aromatic nitrogens is 2.